The zero-order valence-electron chi connectivity index (χ0n) is 12.2. The number of ether oxygens (including phenoxy) is 2. The summed E-state index contributed by atoms with van der Waals surface area (Å²) in [6, 6.07) is 6.94. The smallest absolute Gasteiger partial charge is 0.331 e. The normalized spacial score (nSPS) is 10.7. The van der Waals surface area contributed by atoms with Gasteiger partial charge >= 0.3 is 11.9 Å². The van der Waals surface area contributed by atoms with Gasteiger partial charge in [-0.05, 0) is 19.1 Å². The van der Waals surface area contributed by atoms with Crippen molar-refractivity contribution in [3.63, 3.8) is 0 Å². The molecule has 2 rings (SSSR count). The molecule has 0 saturated heterocycles. The third-order valence-electron chi connectivity index (χ3n) is 2.53. The van der Waals surface area contributed by atoms with Crippen LogP contribution in [0.1, 0.15) is 12.8 Å². The average molecular weight is 337 g/mol. The van der Waals surface area contributed by atoms with Crippen LogP contribution < -0.4 is 0 Å². The maximum Gasteiger partial charge on any atom is 0.331 e. The van der Waals surface area contributed by atoms with E-state index in [9.17, 15) is 9.59 Å². The highest BCUT2D eigenvalue weighted by atomic mass is 35.5. The number of hydrogen-bond donors (Lipinski definition) is 0. The molecule has 0 spiro atoms. The summed E-state index contributed by atoms with van der Waals surface area (Å²) in [4.78, 5) is 26.6. The summed E-state index contributed by atoms with van der Waals surface area (Å²) in [5.41, 5.74) is 0.682. The van der Waals surface area contributed by atoms with Gasteiger partial charge in [0.25, 0.3) is 5.89 Å². The van der Waals surface area contributed by atoms with E-state index in [0.717, 1.165) is 12.2 Å². The highest BCUT2D eigenvalue weighted by Gasteiger charge is 2.10. The quantitative estimate of drug-likeness (QED) is 0.591. The summed E-state index contributed by atoms with van der Waals surface area (Å²) in [6.45, 7) is 1.68. The van der Waals surface area contributed by atoms with Gasteiger partial charge in [0, 0.05) is 22.7 Å². The summed E-state index contributed by atoms with van der Waals surface area (Å²) in [6.07, 6.45) is 1.95. The second-order valence-electron chi connectivity index (χ2n) is 4.22. The Bertz CT molecular complexity index is 726. The minimum absolute atomic E-state index is 0.123. The largest absolute Gasteiger partial charge is 0.463 e. The monoisotopic (exact) mass is 336 g/mol. The molecule has 0 unspecified atom stereocenters. The zero-order valence-corrected chi connectivity index (χ0v) is 12.9. The Balaban J connectivity index is 1.90. The summed E-state index contributed by atoms with van der Waals surface area (Å²) in [7, 11) is 0. The molecule has 7 nitrogen and oxygen atoms in total. The van der Waals surface area contributed by atoms with Crippen molar-refractivity contribution < 1.29 is 23.6 Å². The molecule has 0 fully saturated rings. The lowest BCUT2D eigenvalue weighted by molar-refractivity contribution is -0.141. The molecular formula is C15H13ClN2O5. The van der Waals surface area contributed by atoms with Gasteiger partial charge < -0.3 is 14.0 Å². The van der Waals surface area contributed by atoms with E-state index < -0.39 is 11.9 Å². The lowest BCUT2D eigenvalue weighted by Gasteiger charge is -1.97. The summed E-state index contributed by atoms with van der Waals surface area (Å²) >= 11 is 5.89. The lowest BCUT2D eigenvalue weighted by Crippen LogP contribution is -2.04. The number of carbonyl (C=O) groups is 2. The molecule has 0 amide bonds. The molecule has 0 aliphatic heterocycles. The van der Waals surface area contributed by atoms with Crippen molar-refractivity contribution in [3.8, 4) is 11.4 Å². The fourth-order valence-corrected chi connectivity index (χ4v) is 1.76. The zero-order chi connectivity index (χ0) is 16.7. The van der Waals surface area contributed by atoms with Crippen molar-refractivity contribution >= 4 is 23.5 Å². The molecule has 1 heterocycles. The molecule has 0 saturated carbocycles. The molecule has 1 aromatic heterocycles. The summed E-state index contributed by atoms with van der Waals surface area (Å²) < 4.78 is 14.5. The van der Waals surface area contributed by atoms with Crippen molar-refractivity contribution in [2.45, 2.75) is 13.5 Å². The Kier molecular flexibility index (Phi) is 5.87. The van der Waals surface area contributed by atoms with E-state index in [1.807, 2.05) is 0 Å². The number of rotatable bonds is 6. The van der Waals surface area contributed by atoms with Gasteiger partial charge in [0.15, 0.2) is 6.61 Å². The molecule has 8 heteroatoms. The first-order chi connectivity index (χ1) is 11.1. The number of halogens is 1. The van der Waals surface area contributed by atoms with E-state index in [1.54, 1.807) is 31.2 Å². The van der Waals surface area contributed by atoms with Crippen molar-refractivity contribution in [2.75, 3.05) is 6.61 Å². The van der Waals surface area contributed by atoms with Gasteiger partial charge in [0.05, 0.1) is 6.61 Å². The number of aromatic nitrogens is 2. The Morgan fingerprint density at radius 3 is 2.70 bits per heavy atom. The number of esters is 2. The van der Waals surface area contributed by atoms with Gasteiger partial charge in [-0.3, -0.25) is 0 Å². The van der Waals surface area contributed by atoms with Crippen molar-refractivity contribution in [1.29, 1.82) is 0 Å². The SMILES string of the molecule is CCOC(=O)/C=C/C(=O)OCc1nc(-c2cccc(Cl)c2)no1. The van der Waals surface area contributed by atoms with Crippen LogP contribution in [0.5, 0.6) is 0 Å². The Labute approximate surface area is 136 Å². The van der Waals surface area contributed by atoms with Crippen molar-refractivity contribution in [1.82, 2.24) is 10.1 Å². The Morgan fingerprint density at radius 2 is 2.00 bits per heavy atom. The van der Waals surface area contributed by atoms with Crippen molar-refractivity contribution in [3.05, 3.63) is 47.3 Å². The molecule has 120 valence electrons. The van der Waals surface area contributed by atoms with Gasteiger partial charge in [-0.1, -0.05) is 28.9 Å². The predicted molar refractivity (Wildman–Crippen MR) is 80.3 cm³/mol. The third-order valence-corrected chi connectivity index (χ3v) is 2.77. The van der Waals surface area contributed by atoms with Crippen LogP contribution in [0, 0.1) is 0 Å². The van der Waals surface area contributed by atoms with Crippen LogP contribution in [0.2, 0.25) is 5.02 Å². The topological polar surface area (TPSA) is 91.5 Å². The lowest BCUT2D eigenvalue weighted by atomic mass is 10.2. The highest BCUT2D eigenvalue weighted by molar-refractivity contribution is 6.30. The van der Waals surface area contributed by atoms with E-state index >= 15 is 0 Å². The van der Waals surface area contributed by atoms with Crippen LogP contribution in [0.25, 0.3) is 11.4 Å². The molecule has 0 N–H and O–H groups in total. The second kappa shape index (κ2) is 8.09. The molecule has 2 aromatic rings. The first kappa shape index (κ1) is 16.7. The van der Waals surface area contributed by atoms with Gasteiger partial charge in [0.1, 0.15) is 0 Å². The third kappa shape index (κ3) is 5.23. The van der Waals surface area contributed by atoms with E-state index in [1.165, 1.54) is 0 Å². The number of nitrogens with zero attached hydrogens (tertiary/aromatic N) is 2. The number of hydrogen-bond acceptors (Lipinski definition) is 7. The molecule has 1 aromatic carbocycles. The minimum Gasteiger partial charge on any atom is -0.463 e. The van der Waals surface area contributed by atoms with Crippen molar-refractivity contribution in [2.24, 2.45) is 0 Å². The van der Waals surface area contributed by atoms with Gasteiger partial charge in [0.2, 0.25) is 5.82 Å². The predicted octanol–water partition coefficient (Wildman–Crippen LogP) is 2.55. The Morgan fingerprint density at radius 1 is 1.26 bits per heavy atom. The fraction of sp³-hybridized carbons (Fsp3) is 0.200. The number of benzene rings is 1. The fourth-order valence-electron chi connectivity index (χ4n) is 1.57. The average Bonchev–Trinajstić information content (AvgIpc) is 3.00. The first-order valence-corrected chi connectivity index (χ1v) is 7.06. The van der Waals surface area contributed by atoms with E-state index in [-0.39, 0.29) is 19.1 Å². The molecule has 0 bridgehead atoms. The maximum atomic E-state index is 11.4. The molecule has 0 atom stereocenters. The van der Waals surface area contributed by atoms with Gasteiger partial charge in [-0.25, -0.2) is 9.59 Å². The highest BCUT2D eigenvalue weighted by Crippen LogP contribution is 2.20. The Hall–Kier alpha value is -2.67. The summed E-state index contributed by atoms with van der Waals surface area (Å²) in [5.74, 6) is -0.885. The van der Waals surface area contributed by atoms with Crippen LogP contribution >= 0.6 is 11.6 Å². The number of carbonyl (C=O) groups excluding carboxylic acids is 2. The molecule has 0 radical (unpaired) electrons. The molecule has 23 heavy (non-hydrogen) atoms. The van der Waals surface area contributed by atoms with Crippen LogP contribution in [0.3, 0.4) is 0 Å². The van der Waals surface area contributed by atoms with Crippen LogP contribution in [-0.4, -0.2) is 28.7 Å². The van der Waals surface area contributed by atoms with Crippen LogP contribution in [0.15, 0.2) is 40.9 Å². The van der Waals surface area contributed by atoms with E-state index in [2.05, 4.69) is 14.9 Å². The summed E-state index contributed by atoms with van der Waals surface area (Å²) in [5, 5.41) is 4.32. The van der Waals surface area contributed by atoms with Gasteiger partial charge in [-0.2, -0.15) is 4.98 Å². The molecular weight excluding hydrogens is 324 g/mol. The maximum absolute atomic E-state index is 11.4. The standard InChI is InChI=1S/C15H13ClN2O5/c1-2-21-13(19)6-7-14(20)22-9-12-17-15(18-23-12)10-4-3-5-11(16)8-10/h3-8H,2,9H2,1H3/b7-6+. The molecule has 0 aliphatic carbocycles. The second-order valence-corrected chi connectivity index (χ2v) is 4.65. The van der Waals surface area contributed by atoms with Crippen LogP contribution in [-0.2, 0) is 25.7 Å². The van der Waals surface area contributed by atoms with Gasteiger partial charge in [-0.15, -0.1) is 0 Å². The minimum atomic E-state index is -0.722. The van der Waals surface area contributed by atoms with Crippen LogP contribution in [0.4, 0.5) is 0 Å². The van der Waals surface area contributed by atoms with E-state index in [0.29, 0.717) is 16.4 Å². The molecule has 0 aliphatic rings. The van der Waals surface area contributed by atoms with E-state index in [4.69, 9.17) is 20.9 Å². The first-order valence-electron chi connectivity index (χ1n) is 6.68.